The molecule has 0 spiro atoms. The summed E-state index contributed by atoms with van der Waals surface area (Å²) in [5, 5.41) is 0.971. The van der Waals surface area contributed by atoms with E-state index < -0.39 is 0 Å². The molecule has 2 aromatic rings. The number of hydrogen-bond acceptors (Lipinski definition) is 2. The largest absolute Gasteiger partial charge is 0.465 e. The van der Waals surface area contributed by atoms with Gasteiger partial charge in [0.15, 0.2) is 0 Å². The van der Waals surface area contributed by atoms with E-state index in [4.69, 9.17) is 4.42 Å². The summed E-state index contributed by atoms with van der Waals surface area (Å²) in [6, 6.07) is 14.7. The third kappa shape index (κ3) is 4.22. The molecule has 1 unspecified atom stereocenters. The number of benzene rings is 1. The van der Waals surface area contributed by atoms with Crippen LogP contribution in [0.2, 0.25) is 0 Å². The van der Waals surface area contributed by atoms with Crippen molar-refractivity contribution in [1.82, 2.24) is 4.90 Å². The van der Waals surface area contributed by atoms with Crippen molar-refractivity contribution in [3.05, 3.63) is 59.5 Å². The molecule has 102 valence electrons. The Labute approximate surface area is 123 Å². The van der Waals surface area contributed by atoms with Gasteiger partial charge < -0.3 is 4.42 Å². The lowest BCUT2D eigenvalue weighted by molar-refractivity contribution is 0.281. The molecule has 0 aliphatic heterocycles. The van der Waals surface area contributed by atoms with Gasteiger partial charge in [-0.05, 0) is 31.7 Å². The van der Waals surface area contributed by atoms with E-state index in [0.29, 0.717) is 5.92 Å². The number of alkyl halides is 1. The standard InChI is InChI=1S/C16H20BrNO/c1-13-8-9-16(19-13)12-18(2)11-15(10-17)14-6-4-3-5-7-14/h3-9,15H,10-12H2,1-2H3. The number of aryl methyl sites for hydroxylation is 1. The number of halogens is 1. The van der Waals surface area contributed by atoms with E-state index in [9.17, 15) is 0 Å². The van der Waals surface area contributed by atoms with Crippen molar-refractivity contribution in [3.63, 3.8) is 0 Å². The van der Waals surface area contributed by atoms with Gasteiger partial charge in [0.1, 0.15) is 11.5 Å². The summed E-state index contributed by atoms with van der Waals surface area (Å²) in [5.74, 6) is 2.51. The van der Waals surface area contributed by atoms with E-state index in [1.54, 1.807) is 0 Å². The monoisotopic (exact) mass is 321 g/mol. The van der Waals surface area contributed by atoms with Crippen LogP contribution < -0.4 is 0 Å². The van der Waals surface area contributed by atoms with Crippen LogP contribution in [0.3, 0.4) is 0 Å². The highest BCUT2D eigenvalue weighted by Gasteiger charge is 2.13. The number of hydrogen-bond donors (Lipinski definition) is 0. The van der Waals surface area contributed by atoms with Crippen LogP contribution in [0.25, 0.3) is 0 Å². The van der Waals surface area contributed by atoms with Crippen molar-refractivity contribution in [2.75, 3.05) is 18.9 Å². The Kier molecular flexibility index (Phi) is 5.23. The minimum atomic E-state index is 0.502. The summed E-state index contributed by atoms with van der Waals surface area (Å²) < 4.78 is 5.62. The fourth-order valence-electron chi connectivity index (χ4n) is 2.25. The van der Waals surface area contributed by atoms with Gasteiger partial charge in [-0.3, -0.25) is 4.90 Å². The van der Waals surface area contributed by atoms with E-state index in [1.165, 1.54) is 5.56 Å². The van der Waals surface area contributed by atoms with Gasteiger partial charge in [-0.1, -0.05) is 46.3 Å². The van der Waals surface area contributed by atoms with Crippen LogP contribution in [0.4, 0.5) is 0 Å². The SMILES string of the molecule is Cc1ccc(CN(C)CC(CBr)c2ccccc2)o1. The molecule has 0 saturated carbocycles. The zero-order valence-corrected chi connectivity index (χ0v) is 13.1. The molecule has 0 aliphatic rings. The van der Waals surface area contributed by atoms with Crippen LogP contribution in [0.15, 0.2) is 46.9 Å². The Hall–Kier alpha value is -1.06. The normalized spacial score (nSPS) is 12.8. The maximum absolute atomic E-state index is 5.62. The number of likely N-dealkylation sites (N-methyl/N-ethyl adjacent to an activating group) is 1. The fraction of sp³-hybridized carbons (Fsp3) is 0.375. The highest BCUT2D eigenvalue weighted by atomic mass is 79.9. The molecule has 3 heteroatoms. The molecule has 1 atom stereocenters. The molecule has 0 N–H and O–H groups in total. The molecule has 0 fully saturated rings. The van der Waals surface area contributed by atoms with Crippen molar-refractivity contribution in [1.29, 1.82) is 0 Å². The maximum atomic E-state index is 5.62. The minimum absolute atomic E-state index is 0.502. The summed E-state index contributed by atoms with van der Waals surface area (Å²) in [6.45, 7) is 3.84. The predicted octanol–water partition coefficient (Wildman–Crippen LogP) is 4.20. The van der Waals surface area contributed by atoms with Gasteiger partial charge in [0.2, 0.25) is 0 Å². The molecule has 2 rings (SSSR count). The Morgan fingerprint density at radius 2 is 1.89 bits per heavy atom. The van der Waals surface area contributed by atoms with Crippen LogP contribution in [-0.4, -0.2) is 23.8 Å². The van der Waals surface area contributed by atoms with Gasteiger partial charge in [-0.2, -0.15) is 0 Å². The molecule has 2 nitrogen and oxygen atoms in total. The summed E-state index contributed by atoms with van der Waals surface area (Å²) in [6.07, 6.45) is 0. The summed E-state index contributed by atoms with van der Waals surface area (Å²) in [7, 11) is 2.14. The molecular formula is C16H20BrNO. The number of nitrogens with zero attached hydrogens (tertiary/aromatic N) is 1. The van der Waals surface area contributed by atoms with Crippen molar-refractivity contribution >= 4 is 15.9 Å². The van der Waals surface area contributed by atoms with Crippen molar-refractivity contribution < 1.29 is 4.42 Å². The molecule has 0 radical (unpaired) electrons. The van der Waals surface area contributed by atoms with Gasteiger partial charge in [-0.15, -0.1) is 0 Å². The van der Waals surface area contributed by atoms with E-state index in [0.717, 1.165) is 29.9 Å². The molecule has 1 heterocycles. The first kappa shape index (κ1) is 14.4. The molecule has 0 saturated heterocycles. The van der Waals surface area contributed by atoms with Crippen LogP contribution in [0.5, 0.6) is 0 Å². The van der Waals surface area contributed by atoms with Gasteiger partial charge in [0.05, 0.1) is 6.54 Å². The van der Waals surface area contributed by atoms with Gasteiger partial charge in [-0.25, -0.2) is 0 Å². The molecule has 19 heavy (non-hydrogen) atoms. The Morgan fingerprint density at radius 3 is 2.47 bits per heavy atom. The summed E-state index contributed by atoms with van der Waals surface area (Å²) in [4.78, 5) is 2.30. The highest BCUT2D eigenvalue weighted by molar-refractivity contribution is 9.09. The van der Waals surface area contributed by atoms with Crippen molar-refractivity contribution in [2.24, 2.45) is 0 Å². The average Bonchev–Trinajstić information content (AvgIpc) is 2.82. The smallest absolute Gasteiger partial charge is 0.118 e. The lowest BCUT2D eigenvalue weighted by atomic mass is 10.0. The first-order valence-corrected chi connectivity index (χ1v) is 7.66. The van der Waals surface area contributed by atoms with E-state index in [2.05, 4.69) is 64.3 Å². The summed E-state index contributed by atoms with van der Waals surface area (Å²) in [5.41, 5.74) is 1.38. The molecule has 0 amide bonds. The number of rotatable bonds is 6. The lowest BCUT2D eigenvalue weighted by Crippen LogP contribution is -2.24. The van der Waals surface area contributed by atoms with Crippen molar-refractivity contribution in [3.8, 4) is 0 Å². The summed E-state index contributed by atoms with van der Waals surface area (Å²) >= 11 is 3.62. The predicted molar refractivity (Wildman–Crippen MR) is 82.8 cm³/mol. The molecule has 1 aromatic heterocycles. The second-order valence-corrected chi connectivity index (χ2v) is 5.62. The van der Waals surface area contributed by atoms with E-state index in [-0.39, 0.29) is 0 Å². The fourth-order valence-corrected chi connectivity index (χ4v) is 2.82. The van der Waals surface area contributed by atoms with Crippen molar-refractivity contribution in [2.45, 2.75) is 19.4 Å². The van der Waals surface area contributed by atoms with Gasteiger partial charge in [0, 0.05) is 17.8 Å². The third-order valence-corrected chi connectivity index (χ3v) is 3.99. The minimum Gasteiger partial charge on any atom is -0.465 e. The highest BCUT2D eigenvalue weighted by Crippen LogP contribution is 2.20. The van der Waals surface area contributed by atoms with Crippen LogP contribution in [0, 0.1) is 6.92 Å². The Morgan fingerprint density at radius 1 is 1.16 bits per heavy atom. The average molecular weight is 322 g/mol. The zero-order chi connectivity index (χ0) is 13.7. The topological polar surface area (TPSA) is 16.4 Å². The van der Waals surface area contributed by atoms with E-state index in [1.807, 2.05) is 13.0 Å². The molecule has 1 aromatic carbocycles. The zero-order valence-electron chi connectivity index (χ0n) is 11.5. The van der Waals surface area contributed by atoms with Crippen LogP contribution in [-0.2, 0) is 6.54 Å². The quantitative estimate of drug-likeness (QED) is 0.741. The Balaban J connectivity index is 1.95. The lowest BCUT2D eigenvalue weighted by Gasteiger charge is -2.22. The van der Waals surface area contributed by atoms with Gasteiger partial charge in [0.25, 0.3) is 0 Å². The second kappa shape index (κ2) is 6.92. The maximum Gasteiger partial charge on any atom is 0.118 e. The molecular weight excluding hydrogens is 302 g/mol. The van der Waals surface area contributed by atoms with Crippen LogP contribution >= 0.6 is 15.9 Å². The van der Waals surface area contributed by atoms with Crippen LogP contribution in [0.1, 0.15) is 23.0 Å². The Bertz CT molecular complexity index is 494. The molecule has 0 aliphatic carbocycles. The first-order valence-electron chi connectivity index (χ1n) is 6.54. The van der Waals surface area contributed by atoms with E-state index >= 15 is 0 Å². The third-order valence-electron chi connectivity index (χ3n) is 3.21. The second-order valence-electron chi connectivity index (χ2n) is 4.97. The number of furan rings is 1. The van der Waals surface area contributed by atoms with Gasteiger partial charge >= 0.3 is 0 Å². The first-order chi connectivity index (χ1) is 9.19. The molecule has 0 bridgehead atoms.